The highest BCUT2D eigenvalue weighted by Crippen LogP contribution is 2.31. The van der Waals surface area contributed by atoms with Gasteiger partial charge in [-0.15, -0.1) is 0 Å². The molecule has 22 heavy (non-hydrogen) atoms. The summed E-state index contributed by atoms with van der Waals surface area (Å²) < 4.78 is 18.5. The lowest BCUT2D eigenvalue weighted by atomic mass is 9.87. The van der Waals surface area contributed by atoms with Crippen molar-refractivity contribution in [3.8, 4) is 0 Å². The summed E-state index contributed by atoms with van der Waals surface area (Å²) in [4.78, 5) is 6.52. The Labute approximate surface area is 129 Å². The molecule has 0 bridgehead atoms. The number of aromatic nitrogens is 1. The van der Waals surface area contributed by atoms with Crippen LogP contribution in [0.5, 0.6) is 0 Å². The van der Waals surface area contributed by atoms with E-state index in [0.717, 1.165) is 43.1 Å². The molecule has 1 fully saturated rings. The van der Waals surface area contributed by atoms with E-state index in [1.165, 1.54) is 12.1 Å². The largest absolute Gasteiger partial charge is 0.445 e. The van der Waals surface area contributed by atoms with Gasteiger partial charge < -0.3 is 9.52 Å². The van der Waals surface area contributed by atoms with Gasteiger partial charge in [0.05, 0.1) is 18.8 Å². The number of hydrogen-bond donors (Lipinski definition) is 1. The minimum Gasteiger partial charge on any atom is -0.445 e. The Morgan fingerprint density at radius 3 is 2.59 bits per heavy atom. The molecule has 0 radical (unpaired) electrons. The average Bonchev–Trinajstić information content (AvgIpc) is 2.93. The number of aliphatic hydroxyl groups is 1. The number of piperidine rings is 1. The number of nitrogens with zero attached hydrogens (tertiary/aromatic N) is 2. The van der Waals surface area contributed by atoms with Crippen molar-refractivity contribution in [3.63, 3.8) is 0 Å². The van der Waals surface area contributed by atoms with Crippen molar-refractivity contribution in [2.75, 3.05) is 13.1 Å². The number of hydrogen-bond acceptors (Lipinski definition) is 4. The van der Waals surface area contributed by atoms with Crippen molar-refractivity contribution in [2.24, 2.45) is 5.92 Å². The van der Waals surface area contributed by atoms with Crippen molar-refractivity contribution in [1.29, 1.82) is 0 Å². The number of oxazole rings is 1. The van der Waals surface area contributed by atoms with Crippen LogP contribution in [0.1, 0.15) is 36.2 Å². The van der Waals surface area contributed by atoms with Gasteiger partial charge in [0.2, 0.25) is 5.89 Å². The number of aliphatic hydroxyl groups excluding tert-OH is 1. The van der Waals surface area contributed by atoms with Gasteiger partial charge in [0.25, 0.3) is 0 Å². The molecule has 0 amide bonds. The van der Waals surface area contributed by atoms with Crippen molar-refractivity contribution >= 4 is 0 Å². The quantitative estimate of drug-likeness (QED) is 0.943. The molecule has 1 aromatic carbocycles. The first kappa shape index (κ1) is 15.2. The Hall–Kier alpha value is -1.72. The van der Waals surface area contributed by atoms with Gasteiger partial charge in [-0.25, -0.2) is 9.37 Å². The molecule has 1 unspecified atom stereocenters. The van der Waals surface area contributed by atoms with Gasteiger partial charge in [0.1, 0.15) is 11.6 Å². The van der Waals surface area contributed by atoms with Crippen LogP contribution >= 0.6 is 0 Å². The molecule has 1 saturated heterocycles. The predicted octanol–water partition coefficient (Wildman–Crippen LogP) is 3.07. The lowest BCUT2D eigenvalue weighted by Crippen LogP contribution is -2.35. The first-order valence-corrected chi connectivity index (χ1v) is 7.69. The fraction of sp³-hybridized carbons (Fsp3) is 0.471. The third-order valence-electron chi connectivity index (χ3n) is 4.32. The number of benzene rings is 1. The molecule has 1 aromatic heterocycles. The third-order valence-corrected chi connectivity index (χ3v) is 4.32. The lowest BCUT2D eigenvalue weighted by Gasteiger charge is -2.33. The average molecular weight is 304 g/mol. The minimum absolute atomic E-state index is 0.216. The first-order valence-electron chi connectivity index (χ1n) is 7.69. The molecule has 0 saturated carbocycles. The highest BCUT2D eigenvalue weighted by atomic mass is 19.1. The topological polar surface area (TPSA) is 49.5 Å². The molecule has 2 heterocycles. The van der Waals surface area contributed by atoms with Crippen molar-refractivity contribution in [1.82, 2.24) is 9.88 Å². The lowest BCUT2D eigenvalue weighted by molar-refractivity contribution is 0.0543. The third kappa shape index (κ3) is 3.54. The van der Waals surface area contributed by atoms with Crippen LogP contribution in [0.4, 0.5) is 4.39 Å². The van der Waals surface area contributed by atoms with Crippen LogP contribution < -0.4 is 0 Å². The van der Waals surface area contributed by atoms with Gasteiger partial charge in [-0.2, -0.15) is 0 Å². The maximum atomic E-state index is 12.9. The summed E-state index contributed by atoms with van der Waals surface area (Å²) in [6.45, 7) is 4.42. The number of likely N-dealkylation sites (tertiary alicyclic amines) is 1. The van der Waals surface area contributed by atoms with E-state index in [-0.39, 0.29) is 11.7 Å². The summed E-state index contributed by atoms with van der Waals surface area (Å²) in [5.74, 6) is 1.52. The normalized spacial score (nSPS) is 18.5. The Morgan fingerprint density at radius 1 is 1.32 bits per heavy atom. The van der Waals surface area contributed by atoms with Crippen LogP contribution in [0.15, 0.2) is 34.9 Å². The van der Waals surface area contributed by atoms with Crippen molar-refractivity contribution in [2.45, 2.75) is 32.4 Å². The van der Waals surface area contributed by atoms with E-state index in [4.69, 9.17) is 4.42 Å². The van der Waals surface area contributed by atoms with Crippen molar-refractivity contribution < 1.29 is 13.9 Å². The van der Waals surface area contributed by atoms with Crippen LogP contribution in [-0.2, 0) is 6.54 Å². The van der Waals surface area contributed by atoms with E-state index in [0.29, 0.717) is 6.54 Å². The van der Waals surface area contributed by atoms with E-state index >= 15 is 0 Å². The Balaban J connectivity index is 1.53. The number of rotatable bonds is 4. The van der Waals surface area contributed by atoms with Crippen molar-refractivity contribution in [3.05, 3.63) is 53.5 Å². The maximum Gasteiger partial charge on any atom is 0.208 e. The van der Waals surface area contributed by atoms with Gasteiger partial charge >= 0.3 is 0 Å². The minimum atomic E-state index is -0.522. The Kier molecular flexibility index (Phi) is 4.55. The summed E-state index contributed by atoms with van der Waals surface area (Å²) in [6.07, 6.45) is 3.04. The van der Waals surface area contributed by atoms with Crippen LogP contribution in [0.2, 0.25) is 0 Å². The molecule has 118 valence electrons. The van der Waals surface area contributed by atoms with Gasteiger partial charge in [-0.1, -0.05) is 12.1 Å². The van der Waals surface area contributed by atoms with E-state index in [9.17, 15) is 9.50 Å². The maximum absolute atomic E-state index is 12.9. The van der Waals surface area contributed by atoms with E-state index in [1.54, 1.807) is 18.3 Å². The molecule has 1 aliphatic heterocycles. The zero-order valence-corrected chi connectivity index (χ0v) is 12.7. The Bertz CT molecular complexity index is 603. The SMILES string of the molecule is Cc1cnc(CN2CCC(C(O)c3ccc(F)cc3)CC2)o1. The molecule has 4 nitrogen and oxygen atoms in total. The molecule has 1 N–H and O–H groups in total. The summed E-state index contributed by atoms with van der Waals surface area (Å²) in [6, 6.07) is 6.14. The molecular weight excluding hydrogens is 283 g/mol. The second-order valence-electron chi connectivity index (χ2n) is 5.97. The fourth-order valence-corrected chi connectivity index (χ4v) is 3.02. The molecule has 5 heteroatoms. The highest BCUT2D eigenvalue weighted by Gasteiger charge is 2.26. The molecule has 2 aromatic rings. The van der Waals surface area contributed by atoms with E-state index < -0.39 is 6.10 Å². The molecule has 1 atom stereocenters. The molecule has 0 aliphatic carbocycles. The zero-order chi connectivity index (χ0) is 15.5. The van der Waals surface area contributed by atoms with Crippen LogP contribution in [0, 0.1) is 18.7 Å². The molecule has 3 rings (SSSR count). The van der Waals surface area contributed by atoms with E-state index in [2.05, 4.69) is 9.88 Å². The summed E-state index contributed by atoms with van der Waals surface area (Å²) in [5.41, 5.74) is 0.795. The van der Waals surface area contributed by atoms with Gasteiger partial charge in [-0.05, 0) is 56.5 Å². The highest BCUT2D eigenvalue weighted by molar-refractivity contribution is 5.19. The summed E-state index contributed by atoms with van der Waals surface area (Å²) in [5, 5.41) is 10.4. The smallest absolute Gasteiger partial charge is 0.208 e. The predicted molar refractivity (Wildman–Crippen MR) is 80.6 cm³/mol. The Morgan fingerprint density at radius 2 is 2.00 bits per heavy atom. The summed E-state index contributed by atoms with van der Waals surface area (Å²) in [7, 11) is 0. The van der Waals surface area contributed by atoms with Gasteiger partial charge in [-0.3, -0.25) is 4.90 Å². The number of aryl methyl sites for hydroxylation is 1. The molecule has 0 spiro atoms. The second-order valence-corrected chi connectivity index (χ2v) is 5.97. The molecule has 1 aliphatic rings. The van der Waals surface area contributed by atoms with Gasteiger partial charge in [0, 0.05) is 0 Å². The monoisotopic (exact) mass is 304 g/mol. The fourth-order valence-electron chi connectivity index (χ4n) is 3.02. The van der Waals surface area contributed by atoms with Crippen LogP contribution in [0.3, 0.4) is 0 Å². The van der Waals surface area contributed by atoms with Gasteiger partial charge in [0.15, 0.2) is 0 Å². The molecular formula is C17H21FN2O2. The van der Waals surface area contributed by atoms with Crippen LogP contribution in [0.25, 0.3) is 0 Å². The standard InChI is InChI=1S/C17H21FN2O2/c1-12-10-19-16(22-12)11-20-8-6-14(7-9-20)17(21)13-2-4-15(18)5-3-13/h2-5,10,14,17,21H,6-9,11H2,1H3. The van der Waals surface area contributed by atoms with Crippen LogP contribution in [-0.4, -0.2) is 28.1 Å². The summed E-state index contributed by atoms with van der Waals surface area (Å²) >= 11 is 0. The first-order chi connectivity index (χ1) is 10.6. The van der Waals surface area contributed by atoms with E-state index in [1.807, 2.05) is 6.92 Å². The number of halogens is 1. The zero-order valence-electron chi connectivity index (χ0n) is 12.7. The second kappa shape index (κ2) is 6.58.